The van der Waals surface area contributed by atoms with Gasteiger partial charge in [-0.05, 0) is 60.7 Å². The van der Waals surface area contributed by atoms with E-state index in [2.05, 4.69) is 9.97 Å². The molecule has 1 aliphatic rings. The first-order chi connectivity index (χ1) is 14.9. The van der Waals surface area contributed by atoms with Crippen LogP contribution in [-0.2, 0) is 6.61 Å². The second-order valence-corrected chi connectivity index (χ2v) is 7.51. The summed E-state index contributed by atoms with van der Waals surface area (Å²) in [4.78, 5) is 19.4. The van der Waals surface area contributed by atoms with Gasteiger partial charge in [-0.2, -0.15) is 0 Å². The number of ether oxygens (including phenoxy) is 1. The van der Waals surface area contributed by atoms with Crippen molar-refractivity contribution in [2.75, 3.05) is 0 Å². The van der Waals surface area contributed by atoms with Gasteiger partial charge in [0.1, 0.15) is 24.0 Å². The Balaban J connectivity index is 1.71. The smallest absolute Gasteiger partial charge is 0.356 e. The number of carboxylic acid groups (broad SMARTS) is 1. The Bertz CT molecular complexity index is 1200. The molecule has 1 aromatic heterocycles. The van der Waals surface area contributed by atoms with Crippen LogP contribution in [0.5, 0.6) is 5.75 Å². The fraction of sp³-hybridized carbons (Fsp3) is 0.174. The Labute approximate surface area is 182 Å². The maximum absolute atomic E-state index is 14.1. The molecule has 0 saturated carbocycles. The second kappa shape index (κ2) is 8.81. The standard InChI is InChI=1S/C23H17ClF2N2O3/c24-14-5-4-13(19(26)8-14)12-31-22-7-6-15(25)9-18(22)16-2-1-3-17(16)20-10-27-11-21(28-20)23(29)30/h4-11H,1-3,12H2,(H,29,30). The van der Waals surface area contributed by atoms with Gasteiger partial charge in [0.05, 0.1) is 18.1 Å². The lowest BCUT2D eigenvalue weighted by atomic mass is 9.99. The molecule has 1 aliphatic carbocycles. The predicted molar refractivity (Wildman–Crippen MR) is 112 cm³/mol. The summed E-state index contributed by atoms with van der Waals surface area (Å²) in [5.74, 6) is -1.70. The number of rotatable bonds is 6. The Morgan fingerprint density at radius 3 is 2.68 bits per heavy atom. The molecule has 31 heavy (non-hydrogen) atoms. The minimum absolute atomic E-state index is 0.0570. The van der Waals surface area contributed by atoms with E-state index in [9.17, 15) is 18.7 Å². The number of halogens is 3. The zero-order chi connectivity index (χ0) is 22.0. The molecule has 0 amide bonds. The molecule has 5 nitrogen and oxygen atoms in total. The van der Waals surface area contributed by atoms with Crippen LogP contribution in [0, 0.1) is 11.6 Å². The average molecular weight is 443 g/mol. The van der Waals surface area contributed by atoms with E-state index in [1.807, 2.05) is 0 Å². The number of hydrogen-bond acceptors (Lipinski definition) is 4. The Morgan fingerprint density at radius 1 is 1.10 bits per heavy atom. The van der Waals surface area contributed by atoms with Crippen molar-refractivity contribution in [1.29, 1.82) is 0 Å². The minimum Gasteiger partial charge on any atom is -0.488 e. The highest BCUT2D eigenvalue weighted by Crippen LogP contribution is 2.42. The first kappa shape index (κ1) is 20.9. The predicted octanol–water partition coefficient (Wildman–Crippen LogP) is 5.78. The molecule has 8 heteroatoms. The highest BCUT2D eigenvalue weighted by atomic mass is 35.5. The van der Waals surface area contributed by atoms with Crippen molar-refractivity contribution in [3.8, 4) is 5.75 Å². The maximum Gasteiger partial charge on any atom is 0.356 e. The lowest BCUT2D eigenvalue weighted by Gasteiger charge is -2.15. The molecule has 0 unspecified atom stereocenters. The quantitative estimate of drug-likeness (QED) is 0.524. The van der Waals surface area contributed by atoms with Gasteiger partial charge >= 0.3 is 5.97 Å². The van der Waals surface area contributed by atoms with Crippen molar-refractivity contribution in [2.45, 2.75) is 25.9 Å². The van der Waals surface area contributed by atoms with Crippen LogP contribution in [-0.4, -0.2) is 21.0 Å². The van der Waals surface area contributed by atoms with Gasteiger partial charge in [0.25, 0.3) is 0 Å². The van der Waals surface area contributed by atoms with Crippen LogP contribution < -0.4 is 4.74 Å². The molecule has 0 radical (unpaired) electrons. The first-order valence-corrected chi connectivity index (χ1v) is 9.94. The average Bonchev–Trinajstić information content (AvgIpc) is 3.23. The van der Waals surface area contributed by atoms with Gasteiger partial charge in [-0.3, -0.25) is 4.98 Å². The molecule has 0 spiro atoms. The number of benzene rings is 2. The van der Waals surface area contributed by atoms with E-state index in [4.69, 9.17) is 16.3 Å². The van der Waals surface area contributed by atoms with E-state index >= 15 is 0 Å². The number of hydrogen-bond donors (Lipinski definition) is 1. The second-order valence-electron chi connectivity index (χ2n) is 7.07. The van der Waals surface area contributed by atoms with Crippen LogP contribution in [0.1, 0.15) is 46.6 Å². The van der Waals surface area contributed by atoms with E-state index in [-0.39, 0.29) is 17.3 Å². The molecule has 158 valence electrons. The van der Waals surface area contributed by atoms with Crippen molar-refractivity contribution < 1.29 is 23.4 Å². The molecular weight excluding hydrogens is 426 g/mol. The van der Waals surface area contributed by atoms with E-state index in [0.717, 1.165) is 17.6 Å². The van der Waals surface area contributed by atoms with E-state index < -0.39 is 17.6 Å². The largest absolute Gasteiger partial charge is 0.488 e. The van der Waals surface area contributed by atoms with Gasteiger partial charge in [-0.25, -0.2) is 18.6 Å². The molecule has 4 rings (SSSR count). The fourth-order valence-corrected chi connectivity index (χ4v) is 3.75. The number of allylic oxidation sites excluding steroid dienone is 2. The first-order valence-electron chi connectivity index (χ1n) is 9.57. The number of nitrogens with zero attached hydrogens (tertiary/aromatic N) is 2. The van der Waals surface area contributed by atoms with Crippen molar-refractivity contribution in [2.24, 2.45) is 0 Å². The minimum atomic E-state index is -1.17. The van der Waals surface area contributed by atoms with Crippen LogP contribution in [0.15, 0.2) is 48.8 Å². The van der Waals surface area contributed by atoms with E-state index in [1.165, 1.54) is 42.7 Å². The highest BCUT2D eigenvalue weighted by molar-refractivity contribution is 6.30. The highest BCUT2D eigenvalue weighted by Gasteiger charge is 2.23. The summed E-state index contributed by atoms with van der Waals surface area (Å²) in [6, 6.07) is 8.45. The number of aromatic nitrogens is 2. The van der Waals surface area contributed by atoms with Gasteiger partial charge in [0, 0.05) is 16.1 Å². The normalized spacial score (nSPS) is 13.5. The summed E-state index contributed by atoms with van der Waals surface area (Å²) < 4.78 is 34.1. The Morgan fingerprint density at radius 2 is 1.90 bits per heavy atom. The zero-order valence-electron chi connectivity index (χ0n) is 16.2. The summed E-state index contributed by atoms with van der Waals surface area (Å²) in [5, 5.41) is 9.49. The van der Waals surface area contributed by atoms with Crippen molar-refractivity contribution >= 4 is 28.7 Å². The summed E-state index contributed by atoms with van der Waals surface area (Å²) in [7, 11) is 0. The third-order valence-electron chi connectivity index (χ3n) is 5.05. The molecule has 3 aromatic rings. The lowest BCUT2D eigenvalue weighted by Crippen LogP contribution is -2.04. The molecule has 1 heterocycles. The molecule has 0 bridgehead atoms. The maximum atomic E-state index is 14.1. The monoisotopic (exact) mass is 442 g/mol. The molecule has 1 N–H and O–H groups in total. The topological polar surface area (TPSA) is 72.3 Å². The molecule has 0 atom stereocenters. The Kier molecular flexibility index (Phi) is 5.95. The zero-order valence-corrected chi connectivity index (χ0v) is 17.0. The van der Waals surface area contributed by atoms with Crippen molar-refractivity contribution in [1.82, 2.24) is 9.97 Å². The molecule has 0 aliphatic heterocycles. The van der Waals surface area contributed by atoms with Crippen LogP contribution in [0.4, 0.5) is 8.78 Å². The Hall–Kier alpha value is -3.32. The van der Waals surface area contributed by atoms with E-state index in [1.54, 1.807) is 6.07 Å². The summed E-state index contributed by atoms with van der Waals surface area (Å²) in [6.07, 6.45) is 4.76. The molecule has 0 fully saturated rings. The summed E-state index contributed by atoms with van der Waals surface area (Å²) in [6.45, 7) is -0.0570. The van der Waals surface area contributed by atoms with Crippen LogP contribution in [0.2, 0.25) is 5.02 Å². The molecular formula is C23H17ClF2N2O3. The van der Waals surface area contributed by atoms with Gasteiger partial charge in [-0.1, -0.05) is 17.7 Å². The third kappa shape index (κ3) is 4.56. The van der Waals surface area contributed by atoms with Crippen LogP contribution >= 0.6 is 11.6 Å². The van der Waals surface area contributed by atoms with Gasteiger partial charge in [0.15, 0.2) is 5.69 Å². The van der Waals surface area contributed by atoms with Crippen LogP contribution in [0.3, 0.4) is 0 Å². The molecule has 0 saturated heterocycles. The van der Waals surface area contributed by atoms with E-state index in [0.29, 0.717) is 35.4 Å². The number of carbonyl (C=O) groups is 1. The van der Waals surface area contributed by atoms with Crippen LogP contribution in [0.25, 0.3) is 11.1 Å². The fourth-order valence-electron chi connectivity index (χ4n) is 3.60. The van der Waals surface area contributed by atoms with Gasteiger partial charge in [0.2, 0.25) is 0 Å². The lowest BCUT2D eigenvalue weighted by molar-refractivity contribution is 0.0690. The molecule has 2 aromatic carbocycles. The van der Waals surface area contributed by atoms with Gasteiger partial charge < -0.3 is 9.84 Å². The summed E-state index contributed by atoms with van der Waals surface area (Å²) in [5.41, 5.74) is 2.73. The number of carboxylic acids is 1. The van der Waals surface area contributed by atoms with Crippen molar-refractivity contribution in [3.05, 3.63) is 88.0 Å². The van der Waals surface area contributed by atoms with Crippen molar-refractivity contribution in [3.63, 3.8) is 0 Å². The number of aromatic carboxylic acids is 1. The third-order valence-corrected chi connectivity index (χ3v) is 5.28. The SMILES string of the molecule is O=C(O)c1cncc(C2=C(c3cc(F)ccc3OCc3ccc(Cl)cc3F)CCC2)n1. The summed E-state index contributed by atoms with van der Waals surface area (Å²) >= 11 is 5.79. The van der Waals surface area contributed by atoms with Gasteiger partial charge in [-0.15, -0.1) is 0 Å².